The van der Waals surface area contributed by atoms with Gasteiger partial charge in [0.15, 0.2) is 5.01 Å². The minimum Gasteiger partial charge on any atom is -0.359 e. The van der Waals surface area contributed by atoms with Crippen LogP contribution in [0.15, 0.2) is 24.3 Å². The van der Waals surface area contributed by atoms with Crippen LogP contribution in [0.2, 0.25) is 5.02 Å². The molecule has 1 N–H and O–H groups in total. The standard InChI is InChI=1S/C14H17ClN4OS/c1-16-12(20)8-5-9-19(2)14-18-17-13(21-14)10-6-3-4-7-11(10)15/h3-4,6-7H,5,8-9H2,1-2H3,(H,16,20). The van der Waals surface area contributed by atoms with Crippen molar-refractivity contribution >= 4 is 34.0 Å². The number of carbonyl (C=O) groups is 1. The fourth-order valence-corrected chi connectivity index (χ4v) is 2.96. The molecule has 0 aliphatic carbocycles. The molecule has 112 valence electrons. The van der Waals surface area contributed by atoms with Crippen LogP contribution < -0.4 is 10.2 Å². The molecule has 0 unspecified atom stereocenters. The Kier molecular flexibility index (Phi) is 5.52. The van der Waals surface area contributed by atoms with Gasteiger partial charge in [0, 0.05) is 32.6 Å². The van der Waals surface area contributed by atoms with Gasteiger partial charge in [-0.25, -0.2) is 0 Å². The molecule has 0 aliphatic heterocycles. The van der Waals surface area contributed by atoms with E-state index in [-0.39, 0.29) is 5.91 Å². The van der Waals surface area contributed by atoms with E-state index in [1.807, 2.05) is 36.2 Å². The lowest BCUT2D eigenvalue weighted by molar-refractivity contribution is -0.120. The van der Waals surface area contributed by atoms with Crippen LogP contribution in [-0.4, -0.2) is 36.7 Å². The summed E-state index contributed by atoms with van der Waals surface area (Å²) in [5, 5.41) is 13.3. The van der Waals surface area contributed by atoms with E-state index in [1.54, 1.807) is 7.05 Å². The van der Waals surface area contributed by atoms with Gasteiger partial charge in [0.25, 0.3) is 0 Å². The van der Waals surface area contributed by atoms with Crippen LogP contribution >= 0.6 is 22.9 Å². The second-order valence-electron chi connectivity index (χ2n) is 4.57. The molecule has 2 aromatic rings. The van der Waals surface area contributed by atoms with Crippen molar-refractivity contribution in [3.8, 4) is 10.6 Å². The monoisotopic (exact) mass is 324 g/mol. The SMILES string of the molecule is CNC(=O)CCCN(C)c1nnc(-c2ccccc2Cl)s1. The normalized spacial score (nSPS) is 10.4. The molecule has 0 spiro atoms. The van der Waals surface area contributed by atoms with Gasteiger partial charge in [-0.2, -0.15) is 0 Å². The molecule has 0 saturated heterocycles. The van der Waals surface area contributed by atoms with E-state index in [0.29, 0.717) is 11.4 Å². The van der Waals surface area contributed by atoms with Gasteiger partial charge in [-0.3, -0.25) is 4.79 Å². The van der Waals surface area contributed by atoms with Crippen molar-refractivity contribution in [1.82, 2.24) is 15.5 Å². The van der Waals surface area contributed by atoms with Crippen LogP contribution in [0, 0.1) is 0 Å². The highest BCUT2D eigenvalue weighted by atomic mass is 35.5. The van der Waals surface area contributed by atoms with Crippen LogP contribution in [0.5, 0.6) is 0 Å². The molecule has 1 aromatic carbocycles. The molecule has 2 rings (SSSR count). The summed E-state index contributed by atoms with van der Waals surface area (Å²) in [5.41, 5.74) is 0.890. The fraction of sp³-hybridized carbons (Fsp3) is 0.357. The van der Waals surface area contributed by atoms with E-state index < -0.39 is 0 Å². The Morgan fingerprint density at radius 3 is 2.86 bits per heavy atom. The number of anilines is 1. The van der Waals surface area contributed by atoms with Gasteiger partial charge < -0.3 is 10.2 Å². The molecule has 1 amide bonds. The Hall–Kier alpha value is -1.66. The van der Waals surface area contributed by atoms with Gasteiger partial charge in [0.1, 0.15) is 0 Å². The summed E-state index contributed by atoms with van der Waals surface area (Å²) in [6.45, 7) is 0.755. The van der Waals surface area contributed by atoms with Gasteiger partial charge in [-0.05, 0) is 12.5 Å². The zero-order valence-corrected chi connectivity index (χ0v) is 13.5. The zero-order valence-electron chi connectivity index (χ0n) is 12.0. The molecule has 0 saturated carbocycles. The maximum absolute atomic E-state index is 11.2. The van der Waals surface area contributed by atoms with Crippen LogP contribution in [-0.2, 0) is 4.79 Å². The first-order chi connectivity index (χ1) is 10.1. The number of rotatable bonds is 6. The maximum Gasteiger partial charge on any atom is 0.219 e. The number of hydrogen-bond acceptors (Lipinski definition) is 5. The highest BCUT2D eigenvalue weighted by molar-refractivity contribution is 7.18. The van der Waals surface area contributed by atoms with E-state index in [9.17, 15) is 4.79 Å². The zero-order chi connectivity index (χ0) is 15.2. The van der Waals surface area contributed by atoms with Crippen molar-refractivity contribution in [2.75, 3.05) is 25.5 Å². The third-order valence-corrected chi connectivity index (χ3v) is 4.42. The first-order valence-corrected chi connectivity index (χ1v) is 7.81. The minimum atomic E-state index is 0.0532. The summed E-state index contributed by atoms with van der Waals surface area (Å²) >= 11 is 7.65. The largest absolute Gasteiger partial charge is 0.359 e. The first kappa shape index (κ1) is 15.7. The molecule has 0 fully saturated rings. The van der Waals surface area contributed by atoms with Crippen LogP contribution in [0.1, 0.15) is 12.8 Å². The van der Waals surface area contributed by atoms with Crippen molar-refractivity contribution < 1.29 is 4.79 Å². The van der Waals surface area contributed by atoms with Gasteiger partial charge in [0.05, 0.1) is 5.02 Å². The summed E-state index contributed by atoms with van der Waals surface area (Å²) in [5.74, 6) is 0.0532. The Labute approximate surface area is 133 Å². The molecule has 0 aliphatic rings. The van der Waals surface area contributed by atoms with E-state index >= 15 is 0 Å². The number of benzene rings is 1. The molecule has 0 radical (unpaired) electrons. The van der Waals surface area contributed by atoms with Gasteiger partial charge >= 0.3 is 0 Å². The Bertz CT molecular complexity index is 617. The molecule has 1 aromatic heterocycles. The summed E-state index contributed by atoms with van der Waals surface area (Å²) < 4.78 is 0. The molecule has 5 nitrogen and oxygen atoms in total. The number of amides is 1. The molecule has 1 heterocycles. The van der Waals surface area contributed by atoms with E-state index in [1.165, 1.54) is 11.3 Å². The quantitative estimate of drug-likeness (QED) is 0.887. The molecular weight excluding hydrogens is 308 g/mol. The van der Waals surface area contributed by atoms with Crippen molar-refractivity contribution in [2.45, 2.75) is 12.8 Å². The minimum absolute atomic E-state index is 0.0532. The summed E-state index contributed by atoms with van der Waals surface area (Å²) in [6.07, 6.45) is 1.29. The van der Waals surface area contributed by atoms with Crippen molar-refractivity contribution in [2.24, 2.45) is 0 Å². The average Bonchev–Trinajstić information content (AvgIpc) is 2.97. The smallest absolute Gasteiger partial charge is 0.219 e. The average molecular weight is 325 g/mol. The van der Waals surface area contributed by atoms with Crippen LogP contribution in [0.25, 0.3) is 10.6 Å². The highest BCUT2D eigenvalue weighted by Crippen LogP contribution is 2.32. The lowest BCUT2D eigenvalue weighted by Crippen LogP contribution is -2.22. The molecule has 21 heavy (non-hydrogen) atoms. The molecule has 0 bridgehead atoms. The number of carbonyl (C=O) groups excluding carboxylic acids is 1. The summed E-state index contributed by atoms with van der Waals surface area (Å²) in [4.78, 5) is 13.2. The Morgan fingerprint density at radius 1 is 1.38 bits per heavy atom. The second kappa shape index (κ2) is 7.38. The topological polar surface area (TPSA) is 58.1 Å². The highest BCUT2D eigenvalue weighted by Gasteiger charge is 2.12. The Balaban J connectivity index is 1.99. The number of halogens is 1. The molecule has 7 heteroatoms. The van der Waals surface area contributed by atoms with Gasteiger partial charge in [-0.1, -0.05) is 41.1 Å². The Morgan fingerprint density at radius 2 is 2.14 bits per heavy atom. The van der Waals surface area contributed by atoms with Gasteiger partial charge in [-0.15, -0.1) is 10.2 Å². The third kappa shape index (κ3) is 4.15. The van der Waals surface area contributed by atoms with Gasteiger partial charge in [0.2, 0.25) is 11.0 Å². The second-order valence-corrected chi connectivity index (χ2v) is 5.93. The first-order valence-electron chi connectivity index (χ1n) is 6.62. The maximum atomic E-state index is 11.2. The van der Waals surface area contributed by atoms with E-state index in [0.717, 1.165) is 28.7 Å². The number of aromatic nitrogens is 2. The van der Waals surface area contributed by atoms with Crippen molar-refractivity contribution in [1.29, 1.82) is 0 Å². The van der Waals surface area contributed by atoms with Crippen LogP contribution in [0.3, 0.4) is 0 Å². The number of nitrogens with one attached hydrogen (secondary N) is 1. The predicted molar refractivity (Wildman–Crippen MR) is 86.9 cm³/mol. The molecule has 0 atom stereocenters. The number of nitrogens with zero attached hydrogens (tertiary/aromatic N) is 3. The third-order valence-electron chi connectivity index (χ3n) is 3.02. The van der Waals surface area contributed by atoms with Crippen molar-refractivity contribution in [3.63, 3.8) is 0 Å². The van der Waals surface area contributed by atoms with E-state index in [2.05, 4.69) is 15.5 Å². The van der Waals surface area contributed by atoms with Crippen molar-refractivity contribution in [3.05, 3.63) is 29.3 Å². The summed E-state index contributed by atoms with van der Waals surface area (Å²) in [6, 6.07) is 7.58. The fourth-order valence-electron chi connectivity index (χ4n) is 1.81. The molecular formula is C14H17ClN4OS. The number of hydrogen-bond donors (Lipinski definition) is 1. The lowest BCUT2D eigenvalue weighted by atomic mass is 10.2. The van der Waals surface area contributed by atoms with Crippen LogP contribution in [0.4, 0.5) is 5.13 Å². The summed E-state index contributed by atoms with van der Waals surface area (Å²) in [7, 11) is 3.59. The predicted octanol–water partition coefficient (Wildman–Crippen LogP) is 2.82. The van der Waals surface area contributed by atoms with E-state index in [4.69, 9.17) is 11.6 Å². The lowest BCUT2D eigenvalue weighted by Gasteiger charge is -2.14.